The molecular formula is C11H16N4O. The van der Waals surface area contributed by atoms with Crippen LogP contribution in [0.25, 0.3) is 0 Å². The van der Waals surface area contributed by atoms with Crippen LogP contribution < -0.4 is 11.3 Å². The normalized spacial score (nSPS) is 15.9. The van der Waals surface area contributed by atoms with Crippen LogP contribution in [0.1, 0.15) is 29.8 Å². The summed E-state index contributed by atoms with van der Waals surface area (Å²) in [6, 6.07) is 5.23. The molecule has 5 nitrogen and oxygen atoms in total. The highest BCUT2D eigenvalue weighted by molar-refractivity contribution is 5.92. The molecular weight excluding hydrogens is 204 g/mol. The molecule has 1 amide bonds. The van der Waals surface area contributed by atoms with E-state index in [0.717, 1.165) is 25.9 Å². The standard InChI is InChI=1S/C11H16N4O/c12-14-10-6-4-5-9(13-10)11(16)15-7-2-1-3-8-15/h4-6H,1-3,7-8,12H2,(H,13,14). The second-order valence-corrected chi connectivity index (χ2v) is 3.91. The van der Waals surface area contributed by atoms with Crippen molar-refractivity contribution < 1.29 is 4.79 Å². The topological polar surface area (TPSA) is 71.2 Å². The largest absolute Gasteiger partial charge is 0.337 e. The van der Waals surface area contributed by atoms with Gasteiger partial charge in [0.15, 0.2) is 0 Å². The number of hydrazine groups is 1. The smallest absolute Gasteiger partial charge is 0.272 e. The Morgan fingerprint density at radius 1 is 1.31 bits per heavy atom. The lowest BCUT2D eigenvalue weighted by molar-refractivity contribution is 0.0718. The number of hydrogen-bond acceptors (Lipinski definition) is 4. The number of nitrogens with two attached hydrogens (primary N) is 1. The van der Waals surface area contributed by atoms with Gasteiger partial charge >= 0.3 is 0 Å². The zero-order valence-electron chi connectivity index (χ0n) is 9.15. The average molecular weight is 220 g/mol. The molecule has 0 bridgehead atoms. The van der Waals surface area contributed by atoms with Crippen LogP contribution in [-0.4, -0.2) is 28.9 Å². The molecule has 0 aliphatic carbocycles. The number of piperidine rings is 1. The van der Waals surface area contributed by atoms with Crippen molar-refractivity contribution in [3.05, 3.63) is 23.9 Å². The van der Waals surface area contributed by atoms with Gasteiger partial charge in [-0.15, -0.1) is 0 Å². The Labute approximate surface area is 94.6 Å². The summed E-state index contributed by atoms with van der Waals surface area (Å²) in [5.74, 6) is 5.77. The maximum absolute atomic E-state index is 12.1. The Balaban J connectivity index is 2.12. The Bertz CT molecular complexity index is 374. The second kappa shape index (κ2) is 4.94. The summed E-state index contributed by atoms with van der Waals surface area (Å²) in [7, 11) is 0. The van der Waals surface area contributed by atoms with Gasteiger partial charge in [0, 0.05) is 13.1 Å². The average Bonchev–Trinajstić information content (AvgIpc) is 2.39. The third kappa shape index (κ3) is 2.30. The predicted molar refractivity (Wildman–Crippen MR) is 61.8 cm³/mol. The maximum atomic E-state index is 12.1. The number of nitrogens with zero attached hydrogens (tertiary/aromatic N) is 2. The van der Waals surface area contributed by atoms with Gasteiger partial charge in [0.05, 0.1) is 0 Å². The molecule has 1 aromatic heterocycles. The quantitative estimate of drug-likeness (QED) is 0.576. The number of nitrogens with one attached hydrogen (secondary N) is 1. The van der Waals surface area contributed by atoms with Crippen LogP contribution in [0.5, 0.6) is 0 Å². The SMILES string of the molecule is NNc1cccc(C(=O)N2CCCCC2)n1. The van der Waals surface area contributed by atoms with E-state index >= 15 is 0 Å². The monoisotopic (exact) mass is 220 g/mol. The number of carbonyl (C=O) groups excluding carboxylic acids is 1. The van der Waals surface area contributed by atoms with E-state index in [2.05, 4.69) is 10.4 Å². The number of aromatic nitrogens is 1. The Morgan fingerprint density at radius 2 is 2.06 bits per heavy atom. The molecule has 1 aliphatic heterocycles. The Hall–Kier alpha value is -1.62. The molecule has 0 aromatic carbocycles. The molecule has 0 unspecified atom stereocenters. The van der Waals surface area contributed by atoms with E-state index in [9.17, 15) is 4.79 Å². The van der Waals surface area contributed by atoms with Gasteiger partial charge in [-0.25, -0.2) is 10.8 Å². The van der Waals surface area contributed by atoms with Gasteiger partial charge in [0.2, 0.25) is 0 Å². The molecule has 16 heavy (non-hydrogen) atoms. The van der Waals surface area contributed by atoms with Crippen LogP contribution in [0.2, 0.25) is 0 Å². The molecule has 2 heterocycles. The lowest BCUT2D eigenvalue weighted by atomic mass is 10.1. The van der Waals surface area contributed by atoms with E-state index in [1.165, 1.54) is 6.42 Å². The van der Waals surface area contributed by atoms with Crippen LogP contribution in [0.3, 0.4) is 0 Å². The predicted octanol–water partition coefficient (Wildman–Crippen LogP) is 0.993. The number of likely N-dealkylation sites (tertiary alicyclic amines) is 1. The van der Waals surface area contributed by atoms with Crippen LogP contribution >= 0.6 is 0 Å². The van der Waals surface area contributed by atoms with E-state index < -0.39 is 0 Å². The summed E-state index contributed by atoms with van der Waals surface area (Å²) in [6.45, 7) is 1.67. The lowest BCUT2D eigenvalue weighted by Crippen LogP contribution is -2.36. The van der Waals surface area contributed by atoms with Crippen molar-refractivity contribution in [2.75, 3.05) is 18.5 Å². The molecule has 1 aliphatic rings. The van der Waals surface area contributed by atoms with Crippen molar-refractivity contribution >= 4 is 11.7 Å². The first-order valence-electron chi connectivity index (χ1n) is 5.54. The van der Waals surface area contributed by atoms with Crippen molar-refractivity contribution in [2.45, 2.75) is 19.3 Å². The summed E-state index contributed by atoms with van der Waals surface area (Å²) < 4.78 is 0. The molecule has 0 radical (unpaired) electrons. The number of anilines is 1. The van der Waals surface area contributed by atoms with Gasteiger partial charge in [0.1, 0.15) is 11.5 Å². The van der Waals surface area contributed by atoms with E-state index in [1.807, 2.05) is 4.90 Å². The molecule has 2 rings (SSSR count). The van der Waals surface area contributed by atoms with Gasteiger partial charge in [0.25, 0.3) is 5.91 Å². The number of carbonyl (C=O) groups is 1. The minimum atomic E-state index is -0.00296. The molecule has 86 valence electrons. The molecule has 5 heteroatoms. The first kappa shape index (κ1) is 10.9. The number of rotatable bonds is 2. The summed E-state index contributed by atoms with van der Waals surface area (Å²) in [5, 5.41) is 0. The van der Waals surface area contributed by atoms with Crippen LogP contribution in [0.4, 0.5) is 5.82 Å². The van der Waals surface area contributed by atoms with Crippen molar-refractivity contribution in [1.29, 1.82) is 0 Å². The number of amides is 1. The first-order valence-corrected chi connectivity index (χ1v) is 5.54. The maximum Gasteiger partial charge on any atom is 0.272 e. The summed E-state index contributed by atoms with van der Waals surface area (Å²) >= 11 is 0. The molecule has 0 spiro atoms. The van der Waals surface area contributed by atoms with Gasteiger partial charge < -0.3 is 10.3 Å². The second-order valence-electron chi connectivity index (χ2n) is 3.91. The van der Waals surface area contributed by atoms with E-state index in [4.69, 9.17) is 5.84 Å². The summed E-state index contributed by atoms with van der Waals surface area (Å²) in [6.07, 6.45) is 3.38. The lowest BCUT2D eigenvalue weighted by Gasteiger charge is -2.26. The fourth-order valence-corrected chi connectivity index (χ4v) is 1.89. The van der Waals surface area contributed by atoms with Crippen LogP contribution in [-0.2, 0) is 0 Å². The Morgan fingerprint density at radius 3 is 2.75 bits per heavy atom. The molecule has 1 saturated heterocycles. The fourth-order valence-electron chi connectivity index (χ4n) is 1.89. The molecule has 1 aromatic rings. The minimum Gasteiger partial charge on any atom is -0.337 e. The highest BCUT2D eigenvalue weighted by Gasteiger charge is 2.19. The van der Waals surface area contributed by atoms with Crippen molar-refractivity contribution in [3.8, 4) is 0 Å². The van der Waals surface area contributed by atoms with Gasteiger partial charge in [-0.2, -0.15) is 0 Å². The molecule has 0 saturated carbocycles. The van der Waals surface area contributed by atoms with Gasteiger partial charge in [-0.1, -0.05) is 6.07 Å². The van der Waals surface area contributed by atoms with E-state index in [1.54, 1.807) is 18.2 Å². The number of nitrogen functional groups attached to an aromatic ring is 1. The van der Waals surface area contributed by atoms with Gasteiger partial charge in [-0.3, -0.25) is 4.79 Å². The summed E-state index contributed by atoms with van der Waals surface area (Å²) in [4.78, 5) is 18.1. The van der Waals surface area contributed by atoms with E-state index in [0.29, 0.717) is 11.5 Å². The zero-order valence-corrected chi connectivity index (χ0v) is 9.15. The highest BCUT2D eigenvalue weighted by atomic mass is 16.2. The first-order chi connectivity index (χ1) is 7.81. The highest BCUT2D eigenvalue weighted by Crippen LogP contribution is 2.13. The number of hydrogen-bond donors (Lipinski definition) is 2. The summed E-state index contributed by atoms with van der Waals surface area (Å²) in [5.41, 5.74) is 2.90. The Kier molecular flexibility index (Phi) is 3.36. The van der Waals surface area contributed by atoms with Crippen LogP contribution in [0, 0.1) is 0 Å². The number of pyridine rings is 1. The minimum absolute atomic E-state index is 0.00296. The van der Waals surface area contributed by atoms with Crippen molar-refractivity contribution in [3.63, 3.8) is 0 Å². The zero-order chi connectivity index (χ0) is 11.4. The molecule has 3 N–H and O–H groups in total. The third-order valence-corrected chi connectivity index (χ3v) is 2.76. The fraction of sp³-hybridized carbons (Fsp3) is 0.455. The van der Waals surface area contributed by atoms with Crippen molar-refractivity contribution in [1.82, 2.24) is 9.88 Å². The van der Waals surface area contributed by atoms with Gasteiger partial charge in [-0.05, 0) is 31.4 Å². The van der Waals surface area contributed by atoms with E-state index in [-0.39, 0.29) is 5.91 Å². The van der Waals surface area contributed by atoms with Crippen molar-refractivity contribution in [2.24, 2.45) is 5.84 Å². The third-order valence-electron chi connectivity index (χ3n) is 2.76. The molecule has 0 atom stereocenters. The van der Waals surface area contributed by atoms with Crippen LogP contribution in [0.15, 0.2) is 18.2 Å². The molecule has 1 fully saturated rings.